The lowest BCUT2D eigenvalue weighted by Gasteiger charge is -2.38. The van der Waals surface area contributed by atoms with Crippen LogP contribution in [0.25, 0.3) is 11.1 Å². The maximum atomic E-state index is 15.3. The van der Waals surface area contributed by atoms with Crippen LogP contribution in [0.1, 0.15) is 133 Å². The maximum Gasteiger partial charge on any atom is 0.131 e. The van der Waals surface area contributed by atoms with E-state index in [4.69, 9.17) is 4.74 Å². The molecule has 1 heterocycles. The Hall–Kier alpha value is -1.74. The highest BCUT2D eigenvalue weighted by Crippen LogP contribution is 2.42. The number of ether oxygens (including phenoxy) is 1. The van der Waals surface area contributed by atoms with Crippen LogP contribution in [0.2, 0.25) is 0 Å². The highest BCUT2D eigenvalue weighted by molar-refractivity contribution is 5.65. The summed E-state index contributed by atoms with van der Waals surface area (Å²) >= 11 is 0. The first-order valence-electron chi connectivity index (χ1n) is 16.3. The highest BCUT2D eigenvalue weighted by Gasteiger charge is 2.32. The lowest BCUT2D eigenvalue weighted by molar-refractivity contribution is -0.0406. The molecule has 0 aromatic heterocycles. The number of benzene rings is 2. The van der Waals surface area contributed by atoms with Gasteiger partial charge in [0, 0.05) is 5.56 Å². The van der Waals surface area contributed by atoms with Crippen molar-refractivity contribution in [3.05, 3.63) is 59.2 Å². The van der Waals surface area contributed by atoms with Gasteiger partial charge in [-0.2, -0.15) is 0 Å². The molecule has 2 saturated carbocycles. The highest BCUT2D eigenvalue weighted by atomic mass is 19.1. The molecule has 2 atom stereocenters. The molecule has 0 N–H and O–H groups in total. The van der Waals surface area contributed by atoms with Gasteiger partial charge in [0.05, 0.1) is 12.7 Å². The summed E-state index contributed by atoms with van der Waals surface area (Å²) in [6, 6.07) is 10.8. The topological polar surface area (TPSA) is 9.23 Å². The number of unbranched alkanes of at least 4 members (excludes halogenated alkanes) is 2. The van der Waals surface area contributed by atoms with Crippen LogP contribution in [-0.2, 0) is 4.74 Å². The van der Waals surface area contributed by atoms with Crippen molar-refractivity contribution in [2.75, 3.05) is 6.61 Å². The van der Waals surface area contributed by atoms with E-state index in [1.807, 2.05) is 24.3 Å². The van der Waals surface area contributed by atoms with Gasteiger partial charge in [0.1, 0.15) is 11.6 Å². The summed E-state index contributed by atoms with van der Waals surface area (Å²) < 4.78 is 36.8. The Labute approximate surface area is 236 Å². The monoisotopic (exact) mass is 536 g/mol. The van der Waals surface area contributed by atoms with Gasteiger partial charge in [-0.25, -0.2) is 8.78 Å². The van der Waals surface area contributed by atoms with Crippen molar-refractivity contribution in [2.24, 2.45) is 23.7 Å². The van der Waals surface area contributed by atoms with Crippen molar-refractivity contribution in [1.82, 2.24) is 0 Å². The Morgan fingerprint density at radius 3 is 2.10 bits per heavy atom. The van der Waals surface area contributed by atoms with E-state index < -0.39 is 0 Å². The summed E-state index contributed by atoms with van der Waals surface area (Å²) in [7, 11) is 0. The van der Waals surface area contributed by atoms with Gasteiger partial charge < -0.3 is 4.74 Å². The number of hydrogen-bond acceptors (Lipinski definition) is 1. The Balaban J connectivity index is 1.14. The van der Waals surface area contributed by atoms with Gasteiger partial charge in [0.15, 0.2) is 0 Å². The van der Waals surface area contributed by atoms with Crippen molar-refractivity contribution in [3.8, 4) is 11.1 Å². The molecule has 214 valence electrons. The fourth-order valence-electron chi connectivity index (χ4n) is 7.91. The summed E-state index contributed by atoms with van der Waals surface area (Å²) in [5.41, 5.74) is 2.82. The summed E-state index contributed by atoms with van der Waals surface area (Å²) in [5, 5.41) is 0. The lowest BCUT2D eigenvalue weighted by Crippen LogP contribution is -2.29. The average molecular weight is 537 g/mol. The Bertz CT molecular complexity index is 1040. The smallest absolute Gasteiger partial charge is 0.131 e. The van der Waals surface area contributed by atoms with E-state index in [2.05, 4.69) is 13.8 Å². The molecule has 2 aromatic rings. The summed E-state index contributed by atoms with van der Waals surface area (Å²) in [6.45, 7) is 5.33. The molecule has 3 heteroatoms. The third-order valence-electron chi connectivity index (χ3n) is 10.6. The van der Waals surface area contributed by atoms with E-state index in [1.165, 1.54) is 77.0 Å². The molecule has 1 saturated heterocycles. The largest absolute Gasteiger partial charge is 0.373 e. The van der Waals surface area contributed by atoms with Crippen LogP contribution >= 0.6 is 0 Å². The SMILES string of the molecule is CCCCCC1CCC(C2CCC(c3ccc(-c4ccc(C5CCC(CC)CC5)c(F)c4)c(F)c3)OC2)CC1. The molecule has 0 radical (unpaired) electrons. The second-order valence-electron chi connectivity index (χ2n) is 13.0. The minimum absolute atomic E-state index is 0.0347. The lowest BCUT2D eigenvalue weighted by atomic mass is 9.72. The molecule has 0 spiro atoms. The molecule has 2 unspecified atom stereocenters. The Morgan fingerprint density at radius 2 is 1.46 bits per heavy atom. The third-order valence-corrected chi connectivity index (χ3v) is 10.6. The van der Waals surface area contributed by atoms with E-state index >= 15 is 8.78 Å². The first kappa shape index (κ1) is 28.8. The van der Waals surface area contributed by atoms with Crippen LogP contribution in [0.5, 0.6) is 0 Å². The van der Waals surface area contributed by atoms with Crippen molar-refractivity contribution in [3.63, 3.8) is 0 Å². The zero-order valence-corrected chi connectivity index (χ0v) is 24.4. The second kappa shape index (κ2) is 13.7. The minimum Gasteiger partial charge on any atom is -0.373 e. The van der Waals surface area contributed by atoms with E-state index in [-0.39, 0.29) is 17.7 Å². The molecular formula is C36H50F2O. The second-order valence-corrected chi connectivity index (χ2v) is 13.0. The quantitative estimate of drug-likeness (QED) is 0.290. The fraction of sp³-hybridized carbons (Fsp3) is 0.667. The summed E-state index contributed by atoms with van der Waals surface area (Å²) in [4.78, 5) is 0. The van der Waals surface area contributed by atoms with E-state index in [1.54, 1.807) is 12.1 Å². The normalized spacial score (nSPS) is 29.8. The number of hydrogen-bond donors (Lipinski definition) is 0. The molecule has 2 aliphatic carbocycles. The van der Waals surface area contributed by atoms with E-state index in [0.717, 1.165) is 54.7 Å². The molecule has 1 nitrogen and oxygen atoms in total. The van der Waals surface area contributed by atoms with Crippen molar-refractivity contribution in [1.29, 1.82) is 0 Å². The molecule has 1 aliphatic heterocycles. The van der Waals surface area contributed by atoms with Crippen LogP contribution < -0.4 is 0 Å². The van der Waals surface area contributed by atoms with Gasteiger partial charge in [-0.1, -0.05) is 83.1 Å². The molecular weight excluding hydrogens is 486 g/mol. The van der Waals surface area contributed by atoms with Crippen molar-refractivity contribution < 1.29 is 13.5 Å². The zero-order valence-electron chi connectivity index (χ0n) is 24.4. The van der Waals surface area contributed by atoms with Gasteiger partial charge in [0.25, 0.3) is 0 Å². The molecule has 3 fully saturated rings. The van der Waals surface area contributed by atoms with Crippen LogP contribution in [0, 0.1) is 35.3 Å². The first-order chi connectivity index (χ1) is 19.1. The molecule has 39 heavy (non-hydrogen) atoms. The van der Waals surface area contributed by atoms with Crippen LogP contribution in [0.15, 0.2) is 36.4 Å². The van der Waals surface area contributed by atoms with Crippen molar-refractivity contribution in [2.45, 2.75) is 122 Å². The first-order valence-corrected chi connectivity index (χ1v) is 16.3. The van der Waals surface area contributed by atoms with E-state index in [0.29, 0.717) is 23.0 Å². The molecule has 2 aromatic carbocycles. The van der Waals surface area contributed by atoms with Gasteiger partial charge in [0.2, 0.25) is 0 Å². The van der Waals surface area contributed by atoms with Crippen LogP contribution in [-0.4, -0.2) is 6.61 Å². The van der Waals surface area contributed by atoms with Gasteiger partial charge >= 0.3 is 0 Å². The van der Waals surface area contributed by atoms with Crippen LogP contribution in [0.4, 0.5) is 8.78 Å². The number of rotatable bonds is 9. The average Bonchev–Trinajstić information content (AvgIpc) is 2.98. The molecule has 3 aliphatic rings. The predicted octanol–water partition coefficient (Wildman–Crippen LogP) is 11.2. The summed E-state index contributed by atoms with van der Waals surface area (Å²) in [5.74, 6) is 3.00. The predicted molar refractivity (Wildman–Crippen MR) is 158 cm³/mol. The molecule has 0 amide bonds. The number of halogens is 2. The van der Waals surface area contributed by atoms with Gasteiger partial charge in [-0.05, 0) is 110 Å². The third kappa shape index (κ3) is 7.13. The zero-order chi connectivity index (χ0) is 27.2. The fourth-order valence-corrected chi connectivity index (χ4v) is 7.91. The van der Waals surface area contributed by atoms with E-state index in [9.17, 15) is 0 Å². The Morgan fingerprint density at radius 1 is 0.718 bits per heavy atom. The van der Waals surface area contributed by atoms with Gasteiger partial charge in [-0.3, -0.25) is 0 Å². The maximum absolute atomic E-state index is 15.3. The Kier molecular flexibility index (Phi) is 10.1. The summed E-state index contributed by atoms with van der Waals surface area (Å²) in [6.07, 6.45) is 18.8. The van der Waals surface area contributed by atoms with Crippen molar-refractivity contribution >= 4 is 0 Å². The standard InChI is InChI=1S/C36H50F2O/c1-3-5-6-7-26-10-12-27(13-11-26)31-18-21-36(39-24-31)30-17-20-33(35(38)23-30)29-16-19-32(34(37)22-29)28-14-8-25(4-2)9-15-28/h16-17,19-20,22-23,25-28,31,36H,3-15,18,21,24H2,1-2H3. The minimum atomic E-state index is -0.282. The van der Waals surface area contributed by atoms with Crippen LogP contribution in [0.3, 0.4) is 0 Å². The molecule has 0 bridgehead atoms. The molecule has 5 rings (SSSR count). The van der Waals surface area contributed by atoms with Gasteiger partial charge in [-0.15, -0.1) is 0 Å².